The topological polar surface area (TPSA) is 76.1 Å². The van der Waals surface area contributed by atoms with Crippen LogP contribution >= 0.6 is 0 Å². The van der Waals surface area contributed by atoms with Crippen molar-refractivity contribution in [3.8, 4) is 0 Å². The Morgan fingerprint density at radius 1 is 1.11 bits per heavy atom. The van der Waals surface area contributed by atoms with Gasteiger partial charge in [-0.25, -0.2) is 18.4 Å². The molecule has 3 aromatic rings. The van der Waals surface area contributed by atoms with Crippen molar-refractivity contribution in [3.63, 3.8) is 0 Å². The Balaban J connectivity index is 1.55. The molecule has 1 aromatic carbocycles. The Bertz CT molecular complexity index is 1060. The predicted molar refractivity (Wildman–Crippen MR) is 106 cm³/mol. The van der Waals surface area contributed by atoms with E-state index >= 15 is 0 Å². The van der Waals surface area contributed by atoms with Gasteiger partial charge in [-0.2, -0.15) is 0 Å². The van der Waals surface area contributed by atoms with E-state index in [0.29, 0.717) is 10.8 Å². The number of anilines is 1. The molecule has 1 fully saturated rings. The summed E-state index contributed by atoms with van der Waals surface area (Å²) in [4.78, 5) is 16.1. The van der Waals surface area contributed by atoms with Crippen molar-refractivity contribution in [1.29, 1.82) is 0 Å². The molecule has 0 amide bonds. The van der Waals surface area contributed by atoms with E-state index in [0.717, 1.165) is 54.8 Å². The second-order valence-corrected chi connectivity index (χ2v) is 9.15. The number of nitrogens with zero attached hydrogens (tertiary/aromatic N) is 4. The fourth-order valence-corrected chi connectivity index (χ4v) is 4.47. The summed E-state index contributed by atoms with van der Waals surface area (Å²) in [5, 5.41) is 0. The Labute approximate surface area is 159 Å². The molecule has 1 aliphatic rings. The average molecular weight is 382 g/mol. The molecule has 0 aliphatic carbocycles. The molecule has 4 rings (SSSR count). The standard InChI is InChI=1S/C20H22N4O2S/c1-27(25,26)17-6-2-4-15(13-17)12-16-5-3-11-24(14-16)20-19-18(7-8-23-20)21-9-10-22-19/h2,4,6-10,13,16H,3,5,11-12,14H2,1H3. The van der Waals surface area contributed by atoms with Gasteiger partial charge < -0.3 is 4.90 Å². The molecule has 1 unspecified atom stereocenters. The van der Waals surface area contributed by atoms with Crippen LogP contribution in [0.1, 0.15) is 18.4 Å². The van der Waals surface area contributed by atoms with E-state index in [9.17, 15) is 8.42 Å². The third-order valence-corrected chi connectivity index (χ3v) is 6.15. The van der Waals surface area contributed by atoms with E-state index in [1.165, 1.54) is 6.26 Å². The first-order valence-corrected chi connectivity index (χ1v) is 11.0. The number of aromatic nitrogens is 3. The third-order valence-electron chi connectivity index (χ3n) is 5.04. The molecule has 0 spiro atoms. The van der Waals surface area contributed by atoms with Crippen LogP contribution in [0.25, 0.3) is 11.0 Å². The van der Waals surface area contributed by atoms with Crippen LogP contribution in [0.3, 0.4) is 0 Å². The lowest BCUT2D eigenvalue weighted by Crippen LogP contribution is -2.37. The highest BCUT2D eigenvalue weighted by atomic mass is 32.2. The van der Waals surface area contributed by atoms with Gasteiger partial charge in [-0.05, 0) is 48.9 Å². The van der Waals surface area contributed by atoms with Crippen molar-refractivity contribution in [2.75, 3.05) is 24.2 Å². The van der Waals surface area contributed by atoms with Gasteiger partial charge in [0.15, 0.2) is 15.7 Å². The van der Waals surface area contributed by atoms with Crippen LogP contribution in [0.15, 0.2) is 53.8 Å². The first kappa shape index (κ1) is 17.9. The van der Waals surface area contributed by atoms with Gasteiger partial charge in [0.1, 0.15) is 5.52 Å². The fraction of sp³-hybridized carbons (Fsp3) is 0.350. The summed E-state index contributed by atoms with van der Waals surface area (Å²) < 4.78 is 23.6. The first-order chi connectivity index (χ1) is 13.0. The van der Waals surface area contributed by atoms with Gasteiger partial charge in [0.2, 0.25) is 0 Å². The van der Waals surface area contributed by atoms with E-state index in [1.807, 2.05) is 18.2 Å². The molecule has 1 atom stereocenters. The molecule has 1 saturated heterocycles. The largest absolute Gasteiger partial charge is 0.354 e. The number of fused-ring (bicyclic) bond motifs is 1. The number of hydrogen-bond acceptors (Lipinski definition) is 6. The summed E-state index contributed by atoms with van der Waals surface area (Å²) in [5.74, 6) is 1.33. The van der Waals surface area contributed by atoms with Crippen molar-refractivity contribution in [2.24, 2.45) is 5.92 Å². The van der Waals surface area contributed by atoms with Gasteiger partial charge >= 0.3 is 0 Å². The highest BCUT2D eigenvalue weighted by Crippen LogP contribution is 2.28. The Morgan fingerprint density at radius 2 is 1.96 bits per heavy atom. The summed E-state index contributed by atoms with van der Waals surface area (Å²) in [7, 11) is -3.18. The monoisotopic (exact) mass is 382 g/mol. The molecule has 2 aromatic heterocycles. The van der Waals surface area contributed by atoms with E-state index in [-0.39, 0.29) is 0 Å². The van der Waals surface area contributed by atoms with Crippen molar-refractivity contribution in [2.45, 2.75) is 24.2 Å². The van der Waals surface area contributed by atoms with E-state index in [2.05, 4.69) is 19.9 Å². The molecule has 6 nitrogen and oxygen atoms in total. The second-order valence-electron chi connectivity index (χ2n) is 7.14. The molecule has 0 N–H and O–H groups in total. The van der Waals surface area contributed by atoms with Crippen molar-refractivity contribution < 1.29 is 8.42 Å². The summed E-state index contributed by atoms with van der Waals surface area (Å²) in [6.45, 7) is 1.83. The maximum atomic E-state index is 11.8. The minimum Gasteiger partial charge on any atom is -0.354 e. The maximum absolute atomic E-state index is 11.8. The number of rotatable bonds is 4. The highest BCUT2D eigenvalue weighted by molar-refractivity contribution is 7.90. The quantitative estimate of drug-likeness (QED) is 0.691. The number of hydrogen-bond donors (Lipinski definition) is 0. The van der Waals surface area contributed by atoms with Crippen molar-refractivity contribution >= 4 is 26.7 Å². The number of benzene rings is 1. The van der Waals surface area contributed by atoms with Crippen LogP contribution in [-0.2, 0) is 16.3 Å². The average Bonchev–Trinajstić information content (AvgIpc) is 2.67. The third kappa shape index (κ3) is 3.93. The van der Waals surface area contributed by atoms with Gasteiger partial charge in [0, 0.05) is 37.9 Å². The Kier molecular flexibility index (Phi) is 4.78. The van der Waals surface area contributed by atoms with Crippen LogP contribution < -0.4 is 4.90 Å². The number of pyridine rings is 1. The van der Waals surface area contributed by atoms with Gasteiger partial charge in [-0.15, -0.1) is 0 Å². The van der Waals surface area contributed by atoms with Crippen LogP contribution in [0, 0.1) is 5.92 Å². The molecule has 0 saturated carbocycles. The Hall–Kier alpha value is -2.54. The van der Waals surface area contributed by atoms with Gasteiger partial charge in [-0.3, -0.25) is 4.98 Å². The zero-order chi connectivity index (χ0) is 18.9. The van der Waals surface area contributed by atoms with E-state index < -0.39 is 9.84 Å². The number of sulfone groups is 1. The van der Waals surface area contributed by atoms with Crippen LogP contribution in [0.2, 0.25) is 0 Å². The Morgan fingerprint density at radius 3 is 2.81 bits per heavy atom. The summed E-state index contributed by atoms with van der Waals surface area (Å²) in [6, 6.07) is 9.17. The minimum absolute atomic E-state index is 0.388. The van der Waals surface area contributed by atoms with Crippen LogP contribution in [-0.4, -0.2) is 42.7 Å². The molecule has 1 aliphatic heterocycles. The van der Waals surface area contributed by atoms with Gasteiger partial charge in [0.05, 0.1) is 10.4 Å². The van der Waals surface area contributed by atoms with Crippen molar-refractivity contribution in [1.82, 2.24) is 15.0 Å². The van der Waals surface area contributed by atoms with Crippen LogP contribution in [0.5, 0.6) is 0 Å². The summed E-state index contributed by atoms with van der Waals surface area (Å²) in [6.07, 6.45) is 9.49. The lowest BCUT2D eigenvalue weighted by Gasteiger charge is -2.34. The molecule has 27 heavy (non-hydrogen) atoms. The number of piperidine rings is 1. The summed E-state index contributed by atoms with van der Waals surface area (Å²) in [5.41, 5.74) is 2.75. The van der Waals surface area contributed by atoms with Crippen LogP contribution in [0.4, 0.5) is 5.82 Å². The lowest BCUT2D eigenvalue weighted by molar-refractivity contribution is 0.411. The normalized spacial score (nSPS) is 18.0. The maximum Gasteiger partial charge on any atom is 0.175 e. The lowest BCUT2D eigenvalue weighted by atomic mass is 9.91. The molecule has 7 heteroatoms. The predicted octanol–water partition coefficient (Wildman–Crippen LogP) is 2.89. The smallest absolute Gasteiger partial charge is 0.175 e. The van der Waals surface area contributed by atoms with Gasteiger partial charge in [-0.1, -0.05) is 12.1 Å². The zero-order valence-electron chi connectivity index (χ0n) is 15.2. The minimum atomic E-state index is -3.18. The molecule has 140 valence electrons. The van der Waals surface area contributed by atoms with Gasteiger partial charge in [0.25, 0.3) is 0 Å². The molecule has 0 radical (unpaired) electrons. The molecule has 3 heterocycles. The SMILES string of the molecule is CS(=O)(=O)c1cccc(CC2CCCN(c3nccc4nccnc34)C2)c1. The molecular weight excluding hydrogens is 360 g/mol. The van der Waals surface area contributed by atoms with E-state index in [4.69, 9.17) is 0 Å². The zero-order valence-corrected chi connectivity index (χ0v) is 16.1. The first-order valence-electron chi connectivity index (χ1n) is 9.10. The summed E-state index contributed by atoms with van der Waals surface area (Å²) >= 11 is 0. The van der Waals surface area contributed by atoms with Crippen molar-refractivity contribution in [3.05, 3.63) is 54.5 Å². The molecule has 0 bridgehead atoms. The van der Waals surface area contributed by atoms with E-state index in [1.54, 1.807) is 30.7 Å². The second kappa shape index (κ2) is 7.23. The highest BCUT2D eigenvalue weighted by Gasteiger charge is 2.23. The molecular formula is C20H22N4O2S. The fourth-order valence-electron chi connectivity index (χ4n) is 3.77.